The Bertz CT molecular complexity index is 1020. The molecule has 0 atom stereocenters. The molecule has 3 N–H and O–H groups in total. The lowest BCUT2D eigenvalue weighted by Gasteiger charge is -2.12. The van der Waals surface area contributed by atoms with Crippen LogP contribution in [0.3, 0.4) is 0 Å². The summed E-state index contributed by atoms with van der Waals surface area (Å²) < 4.78 is 5.13. The number of rotatable bonds is 5. The van der Waals surface area contributed by atoms with Crippen LogP contribution >= 0.6 is 22.9 Å². The molecule has 0 saturated heterocycles. The number of thiophene rings is 1. The van der Waals surface area contributed by atoms with Crippen molar-refractivity contribution < 1.29 is 24.2 Å². The summed E-state index contributed by atoms with van der Waals surface area (Å²) in [5, 5.41) is 16.6. The molecule has 1 aliphatic rings. The summed E-state index contributed by atoms with van der Waals surface area (Å²) in [6.45, 7) is 1.92. The number of anilines is 1. The van der Waals surface area contributed by atoms with Gasteiger partial charge in [0.25, 0.3) is 0 Å². The maximum absolute atomic E-state index is 12.4. The van der Waals surface area contributed by atoms with Crippen LogP contribution in [0.1, 0.15) is 46.1 Å². The number of halogens is 1. The largest absolute Gasteiger partial charge is 0.507 e. The third-order valence-corrected chi connectivity index (χ3v) is 5.89. The first-order chi connectivity index (χ1) is 14.4. The van der Waals surface area contributed by atoms with E-state index in [4.69, 9.17) is 16.3 Å². The van der Waals surface area contributed by atoms with Crippen molar-refractivity contribution in [2.24, 2.45) is 5.10 Å². The summed E-state index contributed by atoms with van der Waals surface area (Å²) in [4.78, 5) is 37.8. The molecule has 1 aromatic heterocycles. The molecule has 1 heterocycles. The van der Waals surface area contributed by atoms with Gasteiger partial charge >= 0.3 is 17.8 Å². The molecule has 30 heavy (non-hydrogen) atoms. The second-order valence-electron chi connectivity index (χ2n) is 6.49. The topological polar surface area (TPSA) is 117 Å². The smallest absolute Gasteiger partial charge is 0.341 e. The van der Waals surface area contributed by atoms with Gasteiger partial charge in [-0.3, -0.25) is 9.59 Å². The van der Waals surface area contributed by atoms with E-state index in [1.807, 2.05) is 0 Å². The average Bonchev–Trinajstić information content (AvgIpc) is 3.08. The molecule has 0 saturated carbocycles. The van der Waals surface area contributed by atoms with Crippen molar-refractivity contribution in [2.75, 3.05) is 11.9 Å². The maximum Gasteiger partial charge on any atom is 0.341 e. The number of nitrogens with one attached hydrogen (secondary N) is 2. The molecule has 158 valence electrons. The molecule has 3 rings (SSSR count). The Kier molecular flexibility index (Phi) is 7.07. The number of benzene rings is 1. The first-order valence-electron chi connectivity index (χ1n) is 9.35. The van der Waals surface area contributed by atoms with Gasteiger partial charge in [-0.05, 0) is 56.4 Å². The number of amides is 2. The second-order valence-corrected chi connectivity index (χ2v) is 8.03. The van der Waals surface area contributed by atoms with E-state index in [0.29, 0.717) is 15.6 Å². The minimum atomic E-state index is -1.02. The average molecular weight is 450 g/mol. The number of nitrogens with zero attached hydrogens (tertiary/aromatic N) is 1. The highest BCUT2D eigenvalue weighted by molar-refractivity contribution is 7.17. The Morgan fingerprint density at radius 2 is 2.03 bits per heavy atom. The predicted octanol–water partition coefficient (Wildman–Crippen LogP) is 3.25. The first-order valence-corrected chi connectivity index (χ1v) is 10.5. The van der Waals surface area contributed by atoms with Gasteiger partial charge in [0.2, 0.25) is 0 Å². The number of carbonyl (C=O) groups excluding carboxylic acids is 3. The van der Waals surface area contributed by atoms with Crippen molar-refractivity contribution in [1.29, 1.82) is 0 Å². The van der Waals surface area contributed by atoms with Crippen molar-refractivity contribution in [3.8, 4) is 5.75 Å². The molecular formula is C20H20ClN3O5S. The molecule has 0 bridgehead atoms. The van der Waals surface area contributed by atoms with Crippen molar-refractivity contribution in [1.82, 2.24) is 5.43 Å². The lowest BCUT2D eigenvalue weighted by atomic mass is 9.95. The first kappa shape index (κ1) is 21.8. The Hall–Kier alpha value is -2.91. The number of esters is 1. The quantitative estimate of drug-likeness (QED) is 0.280. The monoisotopic (exact) mass is 449 g/mol. The molecule has 1 aromatic carbocycles. The van der Waals surface area contributed by atoms with Crippen molar-refractivity contribution in [2.45, 2.75) is 32.6 Å². The van der Waals surface area contributed by atoms with E-state index in [1.54, 1.807) is 6.92 Å². The van der Waals surface area contributed by atoms with Crippen LogP contribution < -0.4 is 10.7 Å². The van der Waals surface area contributed by atoms with Gasteiger partial charge in [-0.2, -0.15) is 5.10 Å². The minimum Gasteiger partial charge on any atom is -0.507 e. The summed E-state index contributed by atoms with van der Waals surface area (Å²) in [5.74, 6) is -2.58. The standard InChI is InChI=1S/C20H20ClN3O5S/c1-2-29-20(28)16-13-5-3-4-6-15(13)30-19(16)23-17(26)18(27)24-22-10-11-9-12(21)7-8-14(11)25/h7-10,25H,2-6H2,1H3,(H,23,26)(H,24,27). The van der Waals surface area contributed by atoms with Gasteiger partial charge in [0.1, 0.15) is 10.8 Å². The lowest BCUT2D eigenvalue weighted by Crippen LogP contribution is -2.32. The van der Waals surface area contributed by atoms with E-state index >= 15 is 0 Å². The van der Waals surface area contributed by atoms with Gasteiger partial charge in [0.05, 0.1) is 18.4 Å². The molecule has 0 radical (unpaired) electrons. The van der Waals surface area contributed by atoms with Crippen LogP contribution in [0, 0.1) is 0 Å². The zero-order chi connectivity index (χ0) is 21.7. The Morgan fingerprint density at radius 3 is 2.80 bits per heavy atom. The van der Waals surface area contributed by atoms with Gasteiger partial charge in [-0.25, -0.2) is 10.2 Å². The fourth-order valence-corrected chi connectivity index (χ4v) is 4.53. The van der Waals surface area contributed by atoms with Gasteiger partial charge in [0.15, 0.2) is 0 Å². The predicted molar refractivity (Wildman–Crippen MR) is 114 cm³/mol. The van der Waals surface area contributed by atoms with Crippen molar-refractivity contribution >= 4 is 51.9 Å². The van der Waals surface area contributed by atoms with Crippen LogP contribution in [0.15, 0.2) is 23.3 Å². The summed E-state index contributed by atoms with van der Waals surface area (Å²) in [6, 6.07) is 4.34. The van der Waals surface area contributed by atoms with E-state index in [9.17, 15) is 19.5 Å². The normalized spacial score (nSPS) is 13.0. The molecule has 10 heteroatoms. The van der Waals surface area contributed by atoms with Gasteiger partial charge in [0, 0.05) is 15.5 Å². The Morgan fingerprint density at radius 1 is 1.27 bits per heavy atom. The second kappa shape index (κ2) is 9.73. The molecule has 0 spiro atoms. The highest BCUT2D eigenvalue weighted by Crippen LogP contribution is 2.38. The summed E-state index contributed by atoms with van der Waals surface area (Å²) in [7, 11) is 0. The fourth-order valence-electron chi connectivity index (χ4n) is 3.07. The number of hydrazone groups is 1. The molecule has 2 aromatic rings. The number of phenolic OH excluding ortho intramolecular Hbond substituents is 1. The van der Waals surface area contributed by atoms with Gasteiger partial charge in [-0.15, -0.1) is 11.3 Å². The van der Waals surface area contributed by atoms with Gasteiger partial charge < -0.3 is 15.2 Å². The zero-order valence-electron chi connectivity index (χ0n) is 16.2. The number of phenols is 1. The third kappa shape index (κ3) is 4.98. The SMILES string of the molecule is CCOC(=O)c1c(NC(=O)C(=O)NN=Cc2cc(Cl)ccc2O)sc2c1CCCC2. The lowest BCUT2D eigenvalue weighted by molar-refractivity contribution is -0.136. The molecule has 0 fully saturated rings. The highest BCUT2D eigenvalue weighted by Gasteiger charge is 2.28. The number of fused-ring (bicyclic) bond motifs is 1. The maximum atomic E-state index is 12.4. The van der Waals surface area contributed by atoms with Crippen LogP contribution in [-0.2, 0) is 27.2 Å². The molecule has 0 aliphatic heterocycles. The highest BCUT2D eigenvalue weighted by atomic mass is 35.5. The molecule has 8 nitrogen and oxygen atoms in total. The number of carbonyl (C=O) groups is 3. The molecule has 2 amide bonds. The Balaban J connectivity index is 1.71. The number of hydrogen-bond acceptors (Lipinski definition) is 7. The molecular weight excluding hydrogens is 430 g/mol. The minimum absolute atomic E-state index is 0.0786. The fraction of sp³-hybridized carbons (Fsp3) is 0.300. The van der Waals surface area contributed by atoms with E-state index in [-0.39, 0.29) is 17.9 Å². The zero-order valence-corrected chi connectivity index (χ0v) is 17.7. The number of ether oxygens (including phenoxy) is 1. The Labute approximate surface area is 181 Å². The van der Waals surface area contributed by atoms with Crippen LogP contribution in [0.2, 0.25) is 5.02 Å². The summed E-state index contributed by atoms with van der Waals surface area (Å²) >= 11 is 7.13. The van der Waals surface area contributed by atoms with Crippen LogP contribution in [0.25, 0.3) is 0 Å². The van der Waals surface area contributed by atoms with Crippen molar-refractivity contribution in [3.05, 3.63) is 44.8 Å². The van der Waals surface area contributed by atoms with Gasteiger partial charge in [-0.1, -0.05) is 11.6 Å². The van der Waals surface area contributed by atoms with E-state index in [2.05, 4.69) is 15.8 Å². The van der Waals surface area contributed by atoms with Crippen LogP contribution in [0.5, 0.6) is 5.75 Å². The summed E-state index contributed by atoms with van der Waals surface area (Å²) in [5.41, 5.74) is 3.57. The van der Waals surface area contributed by atoms with E-state index in [1.165, 1.54) is 35.8 Å². The van der Waals surface area contributed by atoms with E-state index in [0.717, 1.165) is 36.1 Å². The summed E-state index contributed by atoms with van der Waals surface area (Å²) in [6.07, 6.45) is 4.68. The van der Waals surface area contributed by atoms with Crippen LogP contribution in [-0.4, -0.2) is 35.7 Å². The van der Waals surface area contributed by atoms with Crippen LogP contribution in [0.4, 0.5) is 5.00 Å². The van der Waals surface area contributed by atoms with E-state index < -0.39 is 17.8 Å². The van der Waals surface area contributed by atoms with Crippen molar-refractivity contribution in [3.63, 3.8) is 0 Å². The number of aromatic hydroxyl groups is 1. The third-order valence-electron chi connectivity index (χ3n) is 4.44. The number of hydrogen-bond donors (Lipinski definition) is 3. The molecule has 1 aliphatic carbocycles. The molecule has 0 unspecified atom stereocenters. The number of aryl methyl sites for hydroxylation is 1.